The van der Waals surface area contributed by atoms with Crippen LogP contribution in [0.1, 0.15) is 16.5 Å². The Balaban J connectivity index is 1.94. The van der Waals surface area contributed by atoms with E-state index in [0.29, 0.717) is 5.13 Å². The number of thioether (sulfide) groups is 1. The number of amides is 1. The van der Waals surface area contributed by atoms with E-state index in [2.05, 4.69) is 4.98 Å². The van der Waals surface area contributed by atoms with E-state index in [-0.39, 0.29) is 16.3 Å². The molecule has 0 bridgehead atoms. The molecule has 4 nitrogen and oxygen atoms in total. The number of aryl methyl sites for hydroxylation is 1. The second kappa shape index (κ2) is 4.79. The van der Waals surface area contributed by atoms with Gasteiger partial charge in [-0.05, 0) is 12.5 Å². The average Bonchev–Trinajstić information content (AvgIpc) is 2.95. The van der Waals surface area contributed by atoms with E-state index < -0.39 is 0 Å². The van der Waals surface area contributed by atoms with Gasteiger partial charge >= 0.3 is 0 Å². The van der Waals surface area contributed by atoms with Crippen LogP contribution in [0.2, 0.25) is 0 Å². The highest BCUT2D eigenvalue weighted by Gasteiger charge is 2.40. The van der Waals surface area contributed by atoms with Gasteiger partial charge in [0.2, 0.25) is 0 Å². The van der Waals surface area contributed by atoms with Crippen LogP contribution in [-0.4, -0.2) is 16.1 Å². The minimum atomic E-state index is -0.335. The van der Waals surface area contributed by atoms with Crippen LogP contribution >= 0.6 is 23.1 Å². The molecule has 0 radical (unpaired) electrons. The first-order valence-electron chi connectivity index (χ1n) is 5.73. The average molecular weight is 289 g/mol. The van der Waals surface area contributed by atoms with Crippen molar-refractivity contribution in [2.45, 2.75) is 12.2 Å². The maximum absolute atomic E-state index is 12.5. The second-order valence-electron chi connectivity index (χ2n) is 4.16. The number of amidine groups is 1. The van der Waals surface area contributed by atoms with Crippen LogP contribution in [0.5, 0.6) is 0 Å². The quantitative estimate of drug-likeness (QED) is 0.923. The molecule has 1 fully saturated rings. The molecule has 2 heterocycles. The Morgan fingerprint density at radius 3 is 2.68 bits per heavy atom. The summed E-state index contributed by atoms with van der Waals surface area (Å²) in [7, 11) is 0. The Morgan fingerprint density at radius 1 is 1.32 bits per heavy atom. The molecule has 6 heteroatoms. The van der Waals surface area contributed by atoms with Crippen molar-refractivity contribution in [2.24, 2.45) is 0 Å². The van der Waals surface area contributed by atoms with E-state index in [1.54, 1.807) is 0 Å². The molecule has 1 aliphatic heterocycles. The lowest BCUT2D eigenvalue weighted by atomic mass is 10.1. The maximum atomic E-state index is 12.5. The van der Waals surface area contributed by atoms with Gasteiger partial charge in [-0.15, -0.1) is 11.3 Å². The molecule has 0 spiro atoms. The number of hydrogen-bond acceptors (Lipinski definition) is 5. The summed E-state index contributed by atoms with van der Waals surface area (Å²) in [6, 6.07) is 9.56. The van der Waals surface area contributed by atoms with Gasteiger partial charge in [0.15, 0.2) is 10.3 Å². The molecule has 96 valence electrons. The Morgan fingerprint density at radius 2 is 2.05 bits per heavy atom. The molecule has 1 aliphatic rings. The first kappa shape index (κ1) is 12.4. The fourth-order valence-electron chi connectivity index (χ4n) is 1.90. The number of carbonyl (C=O) groups excluding carboxylic acids is 1. The molecule has 1 atom stereocenters. The minimum Gasteiger partial charge on any atom is -0.278 e. The van der Waals surface area contributed by atoms with E-state index in [1.807, 2.05) is 42.6 Å². The monoisotopic (exact) mass is 289 g/mol. The lowest BCUT2D eigenvalue weighted by Gasteiger charge is -2.11. The van der Waals surface area contributed by atoms with E-state index in [4.69, 9.17) is 5.41 Å². The van der Waals surface area contributed by atoms with Gasteiger partial charge in [0, 0.05) is 5.38 Å². The number of anilines is 1. The van der Waals surface area contributed by atoms with Gasteiger partial charge in [-0.25, -0.2) is 9.88 Å². The number of nitrogens with zero attached hydrogens (tertiary/aromatic N) is 2. The van der Waals surface area contributed by atoms with Crippen molar-refractivity contribution in [1.82, 2.24) is 4.98 Å². The topological polar surface area (TPSA) is 57.1 Å². The predicted octanol–water partition coefficient (Wildman–Crippen LogP) is 3.21. The first-order valence-corrected chi connectivity index (χ1v) is 7.49. The normalized spacial score (nSPS) is 19.2. The number of hydrogen-bond donors (Lipinski definition) is 1. The highest BCUT2D eigenvalue weighted by atomic mass is 32.2. The Hall–Kier alpha value is -1.66. The summed E-state index contributed by atoms with van der Waals surface area (Å²) in [5, 5.41) is 10.4. The molecule has 0 unspecified atom stereocenters. The van der Waals surface area contributed by atoms with Crippen LogP contribution in [0, 0.1) is 12.3 Å². The highest BCUT2D eigenvalue weighted by Crippen LogP contribution is 2.41. The zero-order chi connectivity index (χ0) is 13.4. The van der Waals surface area contributed by atoms with E-state index in [0.717, 1.165) is 11.3 Å². The molecule has 0 saturated carbocycles. The van der Waals surface area contributed by atoms with Gasteiger partial charge in [-0.3, -0.25) is 10.2 Å². The molecule has 1 N–H and O–H groups in total. The Labute approximate surface area is 119 Å². The van der Waals surface area contributed by atoms with Crippen molar-refractivity contribution < 1.29 is 4.79 Å². The molecular formula is C13H11N3OS2. The van der Waals surface area contributed by atoms with Crippen molar-refractivity contribution in [2.75, 3.05) is 4.90 Å². The van der Waals surface area contributed by atoms with Gasteiger partial charge < -0.3 is 0 Å². The zero-order valence-electron chi connectivity index (χ0n) is 10.2. The number of aromatic nitrogens is 1. The van der Waals surface area contributed by atoms with Crippen LogP contribution in [0.15, 0.2) is 35.7 Å². The smallest absolute Gasteiger partial charge is 0.253 e. The Bertz CT molecular complexity index is 638. The number of carbonyl (C=O) groups is 1. The molecule has 19 heavy (non-hydrogen) atoms. The molecule has 3 rings (SSSR count). The number of benzene rings is 1. The fraction of sp³-hybridized carbons (Fsp3) is 0.154. The number of rotatable bonds is 2. The minimum absolute atomic E-state index is 0.0875. The third-order valence-corrected chi connectivity index (χ3v) is 4.84. The number of nitrogens with one attached hydrogen (secondary N) is 1. The predicted molar refractivity (Wildman–Crippen MR) is 78.8 cm³/mol. The van der Waals surface area contributed by atoms with E-state index in [1.165, 1.54) is 28.0 Å². The summed E-state index contributed by atoms with van der Waals surface area (Å²) >= 11 is 2.66. The molecule has 2 aromatic rings. The van der Waals surface area contributed by atoms with Gasteiger partial charge in [0.1, 0.15) is 5.25 Å². The molecule has 1 saturated heterocycles. The summed E-state index contributed by atoms with van der Waals surface area (Å²) in [4.78, 5) is 18.2. The van der Waals surface area contributed by atoms with Crippen LogP contribution < -0.4 is 4.90 Å². The summed E-state index contributed by atoms with van der Waals surface area (Å²) in [6.07, 6.45) is 0. The molecule has 1 amide bonds. The summed E-state index contributed by atoms with van der Waals surface area (Å²) in [5.74, 6) is -0.0875. The standard InChI is InChI=1S/C13H11N3OS2/c1-8-7-18-13(15-8)16-11(17)10(19-12(16)14)9-5-3-2-4-6-9/h2-7,10,14H,1H3/t10-/m0/s1. The van der Waals surface area contributed by atoms with Gasteiger partial charge in [-0.1, -0.05) is 42.1 Å². The molecule has 0 aliphatic carbocycles. The van der Waals surface area contributed by atoms with Crippen molar-refractivity contribution in [3.63, 3.8) is 0 Å². The van der Waals surface area contributed by atoms with Gasteiger partial charge in [-0.2, -0.15) is 0 Å². The van der Waals surface area contributed by atoms with Gasteiger partial charge in [0.25, 0.3) is 5.91 Å². The van der Waals surface area contributed by atoms with Crippen LogP contribution in [0.4, 0.5) is 5.13 Å². The Kier molecular flexibility index (Phi) is 3.12. The fourth-order valence-corrected chi connectivity index (χ4v) is 3.77. The van der Waals surface area contributed by atoms with E-state index >= 15 is 0 Å². The van der Waals surface area contributed by atoms with Crippen molar-refractivity contribution in [3.05, 3.63) is 47.0 Å². The van der Waals surface area contributed by atoms with Gasteiger partial charge in [0.05, 0.1) is 5.69 Å². The third kappa shape index (κ3) is 2.17. The third-order valence-electron chi connectivity index (χ3n) is 2.78. The molecule has 1 aromatic heterocycles. The van der Waals surface area contributed by atoms with Crippen LogP contribution in [0.3, 0.4) is 0 Å². The van der Waals surface area contributed by atoms with Crippen molar-refractivity contribution in [3.8, 4) is 0 Å². The van der Waals surface area contributed by atoms with Crippen molar-refractivity contribution >= 4 is 39.3 Å². The lowest BCUT2D eigenvalue weighted by molar-refractivity contribution is -0.117. The zero-order valence-corrected chi connectivity index (χ0v) is 11.8. The summed E-state index contributed by atoms with van der Waals surface area (Å²) in [5.41, 5.74) is 1.80. The maximum Gasteiger partial charge on any atom is 0.253 e. The number of thiazole rings is 1. The summed E-state index contributed by atoms with van der Waals surface area (Å²) < 4.78 is 0. The molecule has 1 aromatic carbocycles. The SMILES string of the molecule is Cc1csc(N2C(=N)S[C@@H](c3ccccc3)C2=O)n1. The largest absolute Gasteiger partial charge is 0.278 e. The lowest BCUT2D eigenvalue weighted by Crippen LogP contribution is -2.29. The first-order chi connectivity index (χ1) is 9.16. The summed E-state index contributed by atoms with van der Waals surface area (Å²) in [6.45, 7) is 1.88. The van der Waals surface area contributed by atoms with Crippen molar-refractivity contribution in [1.29, 1.82) is 5.41 Å². The van der Waals surface area contributed by atoms with E-state index in [9.17, 15) is 4.79 Å². The van der Waals surface area contributed by atoms with Crippen LogP contribution in [-0.2, 0) is 4.79 Å². The van der Waals surface area contributed by atoms with Crippen LogP contribution in [0.25, 0.3) is 0 Å². The molecular weight excluding hydrogens is 278 g/mol. The highest BCUT2D eigenvalue weighted by molar-refractivity contribution is 8.15. The second-order valence-corrected chi connectivity index (χ2v) is 6.09.